The molecule has 0 aliphatic heterocycles. The predicted octanol–water partition coefficient (Wildman–Crippen LogP) is 4.02. The van der Waals surface area contributed by atoms with Crippen molar-refractivity contribution < 1.29 is 9.53 Å². The molecule has 0 N–H and O–H groups in total. The minimum absolute atomic E-state index is 0.116. The smallest absolute Gasteiger partial charge is 0.306 e. The molecule has 0 amide bonds. The topological polar surface area (TPSA) is 39.2 Å². The fourth-order valence-corrected chi connectivity index (χ4v) is 2.83. The molecule has 1 atom stereocenters. The van der Waals surface area contributed by atoms with E-state index in [9.17, 15) is 4.79 Å². The van der Waals surface area contributed by atoms with Gasteiger partial charge in [-0.05, 0) is 54.9 Å². The maximum atomic E-state index is 12.2. The Morgan fingerprint density at radius 1 is 1.27 bits per heavy atom. The summed E-state index contributed by atoms with van der Waals surface area (Å²) in [6.45, 7) is 2.34. The largest absolute Gasteiger partial charge is 0.461 e. The molecule has 0 spiro atoms. The lowest BCUT2D eigenvalue weighted by Crippen LogP contribution is -2.12. The van der Waals surface area contributed by atoms with Gasteiger partial charge in [-0.25, -0.2) is 0 Å². The van der Waals surface area contributed by atoms with Crippen LogP contribution in [0.4, 0.5) is 0 Å². The van der Waals surface area contributed by atoms with Crippen LogP contribution in [0.5, 0.6) is 0 Å². The third-order valence-electron chi connectivity index (χ3n) is 4.17. The molecule has 1 heterocycles. The molecular weight excluding hydrogens is 274 g/mol. The van der Waals surface area contributed by atoms with Gasteiger partial charge in [-0.15, -0.1) is 0 Å². The molecular formula is C19H21NO2. The zero-order valence-corrected chi connectivity index (χ0v) is 12.9. The molecule has 1 fully saturated rings. The van der Waals surface area contributed by atoms with Crippen LogP contribution in [0.3, 0.4) is 0 Å². The molecule has 1 aromatic carbocycles. The summed E-state index contributed by atoms with van der Waals surface area (Å²) in [4.78, 5) is 16.4. The maximum absolute atomic E-state index is 12.2. The SMILES string of the molecule is Cc1cc(C(CC(=O)OCc2ccccc2)C2CC2)ccn1. The van der Waals surface area contributed by atoms with Crippen molar-refractivity contribution in [3.8, 4) is 0 Å². The highest BCUT2D eigenvalue weighted by molar-refractivity contribution is 5.70. The average molecular weight is 295 g/mol. The van der Waals surface area contributed by atoms with Crippen molar-refractivity contribution in [2.75, 3.05) is 0 Å². The first-order chi connectivity index (χ1) is 10.7. The highest BCUT2D eigenvalue weighted by atomic mass is 16.5. The van der Waals surface area contributed by atoms with Gasteiger partial charge < -0.3 is 4.74 Å². The number of nitrogens with zero attached hydrogens (tertiary/aromatic N) is 1. The number of aromatic nitrogens is 1. The maximum Gasteiger partial charge on any atom is 0.306 e. The van der Waals surface area contributed by atoms with E-state index in [0.29, 0.717) is 18.9 Å². The van der Waals surface area contributed by atoms with Gasteiger partial charge in [0.2, 0.25) is 0 Å². The van der Waals surface area contributed by atoms with Crippen molar-refractivity contribution in [2.24, 2.45) is 5.92 Å². The first kappa shape index (κ1) is 14.8. The van der Waals surface area contributed by atoms with E-state index in [0.717, 1.165) is 11.3 Å². The van der Waals surface area contributed by atoms with Gasteiger partial charge in [-0.2, -0.15) is 0 Å². The number of ether oxygens (including phenoxy) is 1. The molecule has 3 rings (SSSR count). The molecule has 114 valence electrons. The zero-order valence-electron chi connectivity index (χ0n) is 12.9. The Balaban J connectivity index is 1.60. The van der Waals surface area contributed by atoms with Crippen molar-refractivity contribution in [3.05, 3.63) is 65.5 Å². The number of esters is 1. The number of pyridine rings is 1. The summed E-state index contributed by atoms with van der Waals surface area (Å²) < 4.78 is 5.43. The Labute approximate surface area is 131 Å². The quantitative estimate of drug-likeness (QED) is 0.756. The van der Waals surface area contributed by atoms with Gasteiger partial charge in [-0.1, -0.05) is 30.3 Å². The summed E-state index contributed by atoms with van der Waals surface area (Å²) in [5, 5.41) is 0. The number of carbonyl (C=O) groups excluding carboxylic acids is 1. The average Bonchev–Trinajstić information content (AvgIpc) is 3.36. The van der Waals surface area contributed by atoms with Gasteiger partial charge in [0.25, 0.3) is 0 Å². The van der Waals surface area contributed by atoms with Gasteiger partial charge in [-0.3, -0.25) is 9.78 Å². The molecule has 3 nitrogen and oxygen atoms in total. The lowest BCUT2D eigenvalue weighted by Gasteiger charge is -2.16. The van der Waals surface area contributed by atoms with E-state index in [1.807, 2.05) is 49.5 Å². The van der Waals surface area contributed by atoms with Crippen LogP contribution < -0.4 is 0 Å². The summed E-state index contributed by atoms with van der Waals surface area (Å²) in [5.74, 6) is 0.770. The molecule has 0 bridgehead atoms. The molecule has 22 heavy (non-hydrogen) atoms. The number of rotatable bonds is 6. The normalized spacial score (nSPS) is 15.3. The Bertz CT molecular complexity index is 635. The van der Waals surface area contributed by atoms with Crippen LogP contribution in [0.15, 0.2) is 48.7 Å². The van der Waals surface area contributed by atoms with Crippen molar-refractivity contribution in [2.45, 2.75) is 38.7 Å². The van der Waals surface area contributed by atoms with E-state index in [1.165, 1.54) is 18.4 Å². The second-order valence-electron chi connectivity index (χ2n) is 6.02. The number of hydrogen-bond donors (Lipinski definition) is 0. The third kappa shape index (κ3) is 3.94. The molecule has 0 saturated heterocycles. The Morgan fingerprint density at radius 3 is 2.73 bits per heavy atom. The van der Waals surface area contributed by atoms with E-state index >= 15 is 0 Å². The van der Waals surface area contributed by atoms with Gasteiger partial charge in [0.1, 0.15) is 6.61 Å². The minimum atomic E-state index is -0.116. The molecule has 0 radical (unpaired) electrons. The lowest BCUT2D eigenvalue weighted by molar-refractivity contribution is -0.145. The number of carbonyl (C=O) groups is 1. The lowest BCUT2D eigenvalue weighted by atomic mass is 9.91. The van der Waals surface area contributed by atoms with E-state index in [1.54, 1.807) is 0 Å². The number of aryl methyl sites for hydroxylation is 1. The van der Waals surface area contributed by atoms with Crippen LogP contribution in [-0.2, 0) is 16.1 Å². The second-order valence-corrected chi connectivity index (χ2v) is 6.02. The molecule has 3 heteroatoms. The van der Waals surface area contributed by atoms with Crippen molar-refractivity contribution in [3.63, 3.8) is 0 Å². The summed E-state index contributed by atoms with van der Waals surface area (Å²) >= 11 is 0. The van der Waals surface area contributed by atoms with Gasteiger partial charge in [0.15, 0.2) is 0 Å². The highest BCUT2D eigenvalue weighted by Crippen LogP contribution is 2.44. The molecule has 1 aliphatic carbocycles. The highest BCUT2D eigenvalue weighted by Gasteiger charge is 2.34. The monoisotopic (exact) mass is 295 g/mol. The Hall–Kier alpha value is -2.16. The van der Waals surface area contributed by atoms with Gasteiger partial charge in [0.05, 0.1) is 6.42 Å². The fourth-order valence-electron chi connectivity index (χ4n) is 2.83. The Morgan fingerprint density at radius 2 is 2.05 bits per heavy atom. The van der Waals surface area contributed by atoms with E-state index < -0.39 is 0 Å². The van der Waals surface area contributed by atoms with Crippen LogP contribution in [-0.4, -0.2) is 11.0 Å². The molecule has 1 aliphatic rings. The molecule has 1 aromatic heterocycles. The van der Waals surface area contributed by atoms with Crippen molar-refractivity contribution in [1.82, 2.24) is 4.98 Å². The fraction of sp³-hybridized carbons (Fsp3) is 0.368. The first-order valence-electron chi connectivity index (χ1n) is 7.84. The van der Waals surface area contributed by atoms with Crippen LogP contribution in [0, 0.1) is 12.8 Å². The van der Waals surface area contributed by atoms with Crippen LogP contribution >= 0.6 is 0 Å². The first-order valence-corrected chi connectivity index (χ1v) is 7.84. The van der Waals surface area contributed by atoms with E-state index in [4.69, 9.17) is 4.74 Å². The zero-order chi connectivity index (χ0) is 15.4. The van der Waals surface area contributed by atoms with Gasteiger partial charge >= 0.3 is 5.97 Å². The molecule has 2 aromatic rings. The van der Waals surface area contributed by atoms with Crippen LogP contribution in [0.25, 0.3) is 0 Å². The molecule has 1 unspecified atom stereocenters. The van der Waals surface area contributed by atoms with E-state index in [-0.39, 0.29) is 11.9 Å². The van der Waals surface area contributed by atoms with Gasteiger partial charge in [0, 0.05) is 11.9 Å². The second kappa shape index (κ2) is 6.73. The summed E-state index contributed by atoms with van der Waals surface area (Å²) in [7, 11) is 0. The minimum Gasteiger partial charge on any atom is -0.461 e. The predicted molar refractivity (Wildman–Crippen MR) is 85.3 cm³/mol. The molecule has 1 saturated carbocycles. The van der Waals surface area contributed by atoms with Crippen LogP contribution in [0.1, 0.15) is 42.0 Å². The number of hydrogen-bond acceptors (Lipinski definition) is 3. The third-order valence-corrected chi connectivity index (χ3v) is 4.17. The Kier molecular flexibility index (Phi) is 4.52. The summed E-state index contributed by atoms with van der Waals surface area (Å²) in [5.41, 5.74) is 3.24. The number of benzene rings is 1. The van der Waals surface area contributed by atoms with Crippen LogP contribution in [0.2, 0.25) is 0 Å². The summed E-state index contributed by atoms with van der Waals surface area (Å²) in [6, 6.07) is 13.9. The van der Waals surface area contributed by atoms with E-state index in [2.05, 4.69) is 11.1 Å². The standard InChI is InChI=1S/C19H21NO2/c1-14-11-17(9-10-20-14)18(16-7-8-16)12-19(21)22-13-15-5-3-2-4-6-15/h2-6,9-11,16,18H,7-8,12-13H2,1H3. The summed E-state index contributed by atoms with van der Waals surface area (Å²) in [6.07, 6.45) is 4.70. The van der Waals surface area contributed by atoms with Crippen molar-refractivity contribution >= 4 is 5.97 Å². The van der Waals surface area contributed by atoms with Crippen molar-refractivity contribution in [1.29, 1.82) is 0 Å².